The summed E-state index contributed by atoms with van der Waals surface area (Å²) < 4.78 is 12.3. The van der Waals surface area contributed by atoms with Crippen molar-refractivity contribution in [2.75, 3.05) is 13.2 Å². The normalized spacial score (nSPS) is 13.9. The summed E-state index contributed by atoms with van der Waals surface area (Å²) in [4.78, 5) is 0. The number of benzene rings is 1. The second kappa shape index (κ2) is 8.53. The molecular weight excluding hydrogens is 318 g/mol. The molecule has 1 aromatic rings. The van der Waals surface area contributed by atoms with Crippen LogP contribution in [0.2, 0.25) is 0 Å². The predicted octanol–water partition coefficient (Wildman–Crippen LogP) is 4.68. The molecule has 0 fully saturated rings. The minimum Gasteiger partial charge on any atom is -0.490 e. The van der Waals surface area contributed by atoms with Gasteiger partial charge in [-0.25, -0.2) is 0 Å². The van der Waals surface area contributed by atoms with Crippen molar-refractivity contribution in [1.29, 1.82) is 0 Å². The maximum atomic E-state index is 6.34. The molecule has 2 atom stereocenters. The molecule has 0 amide bonds. The largest absolute Gasteiger partial charge is 0.490 e. The van der Waals surface area contributed by atoms with Crippen LogP contribution in [0.25, 0.3) is 0 Å². The van der Waals surface area contributed by atoms with Gasteiger partial charge in [-0.2, -0.15) is 0 Å². The zero-order valence-corrected chi connectivity index (χ0v) is 14.5. The van der Waals surface area contributed by atoms with Gasteiger partial charge in [-0.3, -0.25) is 0 Å². The summed E-state index contributed by atoms with van der Waals surface area (Å²) in [5.74, 6) is 2.15. The Kier molecular flexibility index (Phi) is 7.38. The van der Waals surface area contributed by atoms with E-state index in [-0.39, 0.29) is 6.04 Å². The lowest BCUT2D eigenvalue weighted by Crippen LogP contribution is -2.15. The molecule has 4 heteroatoms. The lowest BCUT2D eigenvalue weighted by Gasteiger charge is -2.20. The number of hydrogen-bond donors (Lipinski definition) is 1. The third kappa shape index (κ3) is 4.67. The van der Waals surface area contributed by atoms with Crippen LogP contribution in [0, 0.1) is 5.92 Å². The molecule has 0 aliphatic carbocycles. The quantitative estimate of drug-likeness (QED) is 0.744. The van der Waals surface area contributed by atoms with Crippen molar-refractivity contribution >= 4 is 15.9 Å². The van der Waals surface area contributed by atoms with Crippen molar-refractivity contribution in [3.63, 3.8) is 0 Å². The Hall–Kier alpha value is -0.740. The molecule has 114 valence electrons. The number of ether oxygens (including phenoxy) is 2. The van der Waals surface area contributed by atoms with Gasteiger partial charge in [0.2, 0.25) is 0 Å². The molecule has 0 spiro atoms. The van der Waals surface area contributed by atoms with Crippen LogP contribution in [0.3, 0.4) is 0 Å². The minimum atomic E-state index is 0.00853. The second-order valence-corrected chi connectivity index (χ2v) is 5.90. The molecule has 0 aromatic heterocycles. The lowest BCUT2D eigenvalue weighted by molar-refractivity contribution is 0.287. The lowest BCUT2D eigenvalue weighted by atomic mass is 9.95. The van der Waals surface area contributed by atoms with E-state index in [4.69, 9.17) is 15.2 Å². The first-order valence-corrected chi connectivity index (χ1v) is 8.17. The topological polar surface area (TPSA) is 44.5 Å². The highest BCUT2D eigenvalue weighted by Gasteiger charge is 2.17. The molecule has 0 saturated carbocycles. The zero-order valence-electron chi connectivity index (χ0n) is 12.9. The fourth-order valence-corrected chi connectivity index (χ4v) is 2.72. The molecule has 0 aliphatic heterocycles. The summed E-state index contributed by atoms with van der Waals surface area (Å²) in [6, 6.07) is 3.97. The Morgan fingerprint density at radius 3 is 2.15 bits per heavy atom. The maximum absolute atomic E-state index is 6.34. The summed E-state index contributed by atoms with van der Waals surface area (Å²) in [5.41, 5.74) is 7.42. The van der Waals surface area contributed by atoms with E-state index in [9.17, 15) is 0 Å². The van der Waals surface area contributed by atoms with Crippen molar-refractivity contribution in [3.8, 4) is 11.5 Å². The van der Waals surface area contributed by atoms with Crippen LogP contribution in [0.15, 0.2) is 16.6 Å². The van der Waals surface area contributed by atoms with E-state index in [0.717, 1.165) is 34.4 Å². The monoisotopic (exact) mass is 343 g/mol. The maximum Gasteiger partial charge on any atom is 0.162 e. The second-order valence-electron chi connectivity index (χ2n) is 5.04. The van der Waals surface area contributed by atoms with Gasteiger partial charge in [0.1, 0.15) is 0 Å². The van der Waals surface area contributed by atoms with Gasteiger partial charge in [-0.1, -0.05) is 36.2 Å². The summed E-state index contributed by atoms with van der Waals surface area (Å²) in [7, 11) is 0. The molecule has 2 unspecified atom stereocenters. The van der Waals surface area contributed by atoms with Crippen molar-refractivity contribution in [3.05, 3.63) is 22.2 Å². The molecule has 0 radical (unpaired) electrons. The van der Waals surface area contributed by atoms with E-state index < -0.39 is 0 Å². The van der Waals surface area contributed by atoms with Gasteiger partial charge in [0.05, 0.1) is 13.2 Å². The molecule has 0 bridgehead atoms. The summed E-state index contributed by atoms with van der Waals surface area (Å²) >= 11 is 3.60. The SMILES string of the molecule is CCOc1cc(Br)c(C(N)CC(C)CC)cc1OCC. The fourth-order valence-electron chi connectivity index (χ4n) is 2.10. The number of hydrogen-bond acceptors (Lipinski definition) is 3. The van der Waals surface area contributed by atoms with Crippen molar-refractivity contribution < 1.29 is 9.47 Å². The summed E-state index contributed by atoms with van der Waals surface area (Å²) in [6.45, 7) is 9.58. The molecule has 0 heterocycles. The molecule has 0 aliphatic rings. The molecule has 0 saturated heterocycles. The molecular formula is C16H26BrNO2. The third-order valence-electron chi connectivity index (χ3n) is 3.42. The number of nitrogens with two attached hydrogens (primary N) is 1. The van der Waals surface area contributed by atoms with E-state index in [0.29, 0.717) is 19.1 Å². The highest BCUT2D eigenvalue weighted by atomic mass is 79.9. The Morgan fingerprint density at radius 2 is 1.65 bits per heavy atom. The highest BCUT2D eigenvalue weighted by Crippen LogP contribution is 2.37. The van der Waals surface area contributed by atoms with Crippen LogP contribution in [0.4, 0.5) is 0 Å². The van der Waals surface area contributed by atoms with Gasteiger partial charge in [-0.15, -0.1) is 0 Å². The average Bonchev–Trinajstić information content (AvgIpc) is 2.41. The van der Waals surface area contributed by atoms with Crippen LogP contribution in [-0.4, -0.2) is 13.2 Å². The molecule has 2 N–H and O–H groups in total. The van der Waals surface area contributed by atoms with Crippen LogP contribution in [0.5, 0.6) is 11.5 Å². The van der Waals surface area contributed by atoms with Crippen molar-refractivity contribution in [2.24, 2.45) is 11.7 Å². The first kappa shape index (κ1) is 17.3. The van der Waals surface area contributed by atoms with E-state index in [1.807, 2.05) is 26.0 Å². The Labute approximate surface area is 131 Å². The van der Waals surface area contributed by atoms with Crippen molar-refractivity contribution in [2.45, 2.75) is 46.6 Å². The van der Waals surface area contributed by atoms with Gasteiger partial charge in [0.15, 0.2) is 11.5 Å². The Morgan fingerprint density at radius 1 is 1.10 bits per heavy atom. The van der Waals surface area contributed by atoms with Crippen molar-refractivity contribution in [1.82, 2.24) is 0 Å². The summed E-state index contributed by atoms with van der Waals surface area (Å²) in [6.07, 6.45) is 2.11. The van der Waals surface area contributed by atoms with Crippen LogP contribution < -0.4 is 15.2 Å². The highest BCUT2D eigenvalue weighted by molar-refractivity contribution is 9.10. The van der Waals surface area contributed by atoms with Gasteiger partial charge in [0, 0.05) is 10.5 Å². The first-order chi connectivity index (χ1) is 9.53. The molecule has 1 rings (SSSR count). The van der Waals surface area contributed by atoms with Gasteiger partial charge < -0.3 is 15.2 Å². The standard InChI is InChI=1S/C16H26BrNO2/c1-5-11(4)8-14(18)12-9-15(19-6-2)16(20-7-3)10-13(12)17/h9-11,14H,5-8,18H2,1-4H3. The average molecular weight is 344 g/mol. The third-order valence-corrected chi connectivity index (χ3v) is 4.10. The molecule has 1 aromatic carbocycles. The predicted molar refractivity (Wildman–Crippen MR) is 87.5 cm³/mol. The minimum absolute atomic E-state index is 0.00853. The Balaban J connectivity index is 3.04. The van der Waals surface area contributed by atoms with Crippen LogP contribution >= 0.6 is 15.9 Å². The molecule has 20 heavy (non-hydrogen) atoms. The molecule has 3 nitrogen and oxygen atoms in total. The van der Waals surface area contributed by atoms with E-state index >= 15 is 0 Å². The summed E-state index contributed by atoms with van der Waals surface area (Å²) in [5, 5.41) is 0. The fraction of sp³-hybridized carbons (Fsp3) is 0.625. The van der Waals surface area contributed by atoms with Gasteiger partial charge in [0.25, 0.3) is 0 Å². The van der Waals surface area contributed by atoms with Crippen LogP contribution in [0.1, 0.15) is 52.1 Å². The van der Waals surface area contributed by atoms with Crippen LogP contribution in [-0.2, 0) is 0 Å². The van der Waals surface area contributed by atoms with E-state index in [2.05, 4.69) is 29.8 Å². The first-order valence-electron chi connectivity index (χ1n) is 7.37. The Bertz CT molecular complexity index is 423. The van der Waals surface area contributed by atoms with E-state index in [1.54, 1.807) is 0 Å². The number of halogens is 1. The van der Waals surface area contributed by atoms with Gasteiger partial charge >= 0.3 is 0 Å². The number of rotatable bonds is 8. The van der Waals surface area contributed by atoms with E-state index in [1.165, 1.54) is 0 Å². The van der Waals surface area contributed by atoms with Gasteiger partial charge in [-0.05, 0) is 43.9 Å². The zero-order chi connectivity index (χ0) is 15.1. The smallest absolute Gasteiger partial charge is 0.162 e.